The SMILES string of the molecule is CC(=O)[C@H]1CC[C@H](N(Cc2ccccc2)Cc2ccccc2)CC1. The van der Waals surface area contributed by atoms with Gasteiger partial charge in [0.05, 0.1) is 0 Å². The Hall–Kier alpha value is -1.93. The van der Waals surface area contributed by atoms with Crippen LogP contribution in [0.1, 0.15) is 43.7 Å². The van der Waals surface area contributed by atoms with Crippen LogP contribution in [0.4, 0.5) is 0 Å². The molecule has 0 atom stereocenters. The van der Waals surface area contributed by atoms with Crippen molar-refractivity contribution in [3.63, 3.8) is 0 Å². The smallest absolute Gasteiger partial charge is 0.132 e. The molecule has 2 heteroatoms. The number of carbonyl (C=O) groups is 1. The highest BCUT2D eigenvalue weighted by Gasteiger charge is 2.27. The Kier molecular flexibility index (Phi) is 5.81. The van der Waals surface area contributed by atoms with E-state index in [2.05, 4.69) is 65.6 Å². The molecule has 2 nitrogen and oxygen atoms in total. The summed E-state index contributed by atoms with van der Waals surface area (Å²) in [5.41, 5.74) is 2.73. The number of benzene rings is 2. The van der Waals surface area contributed by atoms with Crippen molar-refractivity contribution in [2.45, 2.75) is 51.7 Å². The van der Waals surface area contributed by atoms with Crippen LogP contribution in [-0.2, 0) is 17.9 Å². The van der Waals surface area contributed by atoms with Gasteiger partial charge in [0, 0.05) is 25.0 Å². The molecule has 126 valence electrons. The number of hydrogen-bond acceptors (Lipinski definition) is 2. The van der Waals surface area contributed by atoms with Gasteiger partial charge >= 0.3 is 0 Å². The van der Waals surface area contributed by atoms with E-state index in [1.807, 2.05) is 0 Å². The van der Waals surface area contributed by atoms with Crippen LogP contribution < -0.4 is 0 Å². The zero-order valence-electron chi connectivity index (χ0n) is 14.5. The van der Waals surface area contributed by atoms with Crippen LogP contribution in [0.15, 0.2) is 60.7 Å². The summed E-state index contributed by atoms with van der Waals surface area (Å²) in [6.07, 6.45) is 4.34. The van der Waals surface area contributed by atoms with Gasteiger partial charge < -0.3 is 0 Å². The van der Waals surface area contributed by atoms with Crippen molar-refractivity contribution in [3.05, 3.63) is 71.8 Å². The molecule has 0 N–H and O–H groups in total. The fourth-order valence-electron chi connectivity index (χ4n) is 3.80. The Labute approximate surface area is 145 Å². The summed E-state index contributed by atoms with van der Waals surface area (Å²) in [6.45, 7) is 3.70. The van der Waals surface area contributed by atoms with E-state index >= 15 is 0 Å². The molecule has 1 fully saturated rings. The molecule has 0 spiro atoms. The van der Waals surface area contributed by atoms with Gasteiger partial charge in [-0.1, -0.05) is 60.7 Å². The third-order valence-electron chi connectivity index (χ3n) is 5.24. The van der Waals surface area contributed by atoms with Crippen LogP contribution in [0.5, 0.6) is 0 Å². The van der Waals surface area contributed by atoms with E-state index in [-0.39, 0.29) is 5.92 Å². The van der Waals surface area contributed by atoms with E-state index in [0.29, 0.717) is 11.8 Å². The molecule has 24 heavy (non-hydrogen) atoms. The third kappa shape index (κ3) is 4.55. The fourth-order valence-corrected chi connectivity index (χ4v) is 3.80. The lowest BCUT2D eigenvalue weighted by Crippen LogP contribution is -2.38. The number of rotatable bonds is 6. The molecule has 3 rings (SSSR count). The van der Waals surface area contributed by atoms with Gasteiger partial charge in [0.25, 0.3) is 0 Å². The van der Waals surface area contributed by atoms with E-state index in [1.165, 1.54) is 11.1 Å². The standard InChI is InChI=1S/C22H27NO/c1-18(24)21-12-14-22(15-13-21)23(16-19-8-4-2-5-9-19)17-20-10-6-3-7-11-20/h2-11,21-22H,12-17H2,1H3/t21-,22-. The second-order valence-corrected chi connectivity index (χ2v) is 6.99. The average molecular weight is 321 g/mol. The van der Waals surface area contributed by atoms with Crippen molar-refractivity contribution >= 4 is 5.78 Å². The summed E-state index contributed by atoms with van der Waals surface area (Å²) in [6, 6.07) is 22.0. The third-order valence-corrected chi connectivity index (χ3v) is 5.24. The number of Topliss-reactive ketones (excluding diaryl/α,β-unsaturated/α-hetero) is 1. The highest BCUT2D eigenvalue weighted by molar-refractivity contribution is 5.78. The first kappa shape index (κ1) is 16.9. The normalized spacial score (nSPS) is 20.9. The molecule has 1 aliphatic rings. The van der Waals surface area contributed by atoms with Crippen LogP contribution in [0.3, 0.4) is 0 Å². The van der Waals surface area contributed by atoms with E-state index in [1.54, 1.807) is 6.92 Å². The maximum atomic E-state index is 11.6. The Bertz CT molecular complexity index is 588. The van der Waals surface area contributed by atoms with Crippen LogP contribution >= 0.6 is 0 Å². The van der Waals surface area contributed by atoms with Crippen molar-refractivity contribution in [1.82, 2.24) is 4.90 Å². The summed E-state index contributed by atoms with van der Waals surface area (Å²) in [7, 11) is 0. The second-order valence-electron chi connectivity index (χ2n) is 6.99. The molecule has 0 unspecified atom stereocenters. The van der Waals surface area contributed by atoms with Crippen molar-refractivity contribution in [2.75, 3.05) is 0 Å². The first-order chi connectivity index (χ1) is 11.7. The minimum Gasteiger partial charge on any atom is -0.300 e. The van der Waals surface area contributed by atoms with Gasteiger partial charge in [-0.25, -0.2) is 0 Å². The molecule has 0 aromatic heterocycles. The highest BCUT2D eigenvalue weighted by Crippen LogP contribution is 2.30. The molecule has 0 radical (unpaired) electrons. The second kappa shape index (κ2) is 8.25. The van der Waals surface area contributed by atoms with Gasteiger partial charge in [-0.2, -0.15) is 0 Å². The topological polar surface area (TPSA) is 20.3 Å². The molecule has 0 amide bonds. The molecule has 0 bridgehead atoms. The van der Waals surface area contributed by atoms with Gasteiger partial charge in [-0.15, -0.1) is 0 Å². The molecule has 0 aliphatic heterocycles. The predicted molar refractivity (Wildman–Crippen MR) is 98.6 cm³/mol. The van der Waals surface area contributed by atoms with E-state index in [0.717, 1.165) is 38.8 Å². The highest BCUT2D eigenvalue weighted by atomic mass is 16.1. The molecule has 1 saturated carbocycles. The largest absolute Gasteiger partial charge is 0.300 e. The molecule has 1 aliphatic carbocycles. The summed E-state index contributed by atoms with van der Waals surface area (Å²) in [5.74, 6) is 0.655. The van der Waals surface area contributed by atoms with Gasteiger partial charge in [-0.3, -0.25) is 9.69 Å². The molecule has 2 aromatic rings. The van der Waals surface area contributed by atoms with Crippen LogP contribution in [0.2, 0.25) is 0 Å². The Morgan fingerprint density at radius 3 is 1.71 bits per heavy atom. The first-order valence-corrected chi connectivity index (χ1v) is 9.04. The monoisotopic (exact) mass is 321 g/mol. The van der Waals surface area contributed by atoms with E-state index < -0.39 is 0 Å². The van der Waals surface area contributed by atoms with Crippen LogP contribution in [0.25, 0.3) is 0 Å². The molecule has 0 heterocycles. The lowest BCUT2D eigenvalue weighted by atomic mass is 9.83. The van der Waals surface area contributed by atoms with Gasteiger partial charge in [-0.05, 0) is 43.7 Å². The zero-order valence-corrected chi connectivity index (χ0v) is 14.5. The van der Waals surface area contributed by atoms with Crippen molar-refractivity contribution in [3.8, 4) is 0 Å². The Balaban J connectivity index is 1.71. The number of ketones is 1. The predicted octanol–water partition coefficient (Wildman–Crippen LogP) is 4.84. The van der Waals surface area contributed by atoms with Gasteiger partial charge in [0.1, 0.15) is 5.78 Å². The fraction of sp³-hybridized carbons (Fsp3) is 0.409. The van der Waals surface area contributed by atoms with Crippen LogP contribution in [-0.4, -0.2) is 16.7 Å². The van der Waals surface area contributed by atoms with E-state index in [4.69, 9.17) is 0 Å². The molecule has 2 aromatic carbocycles. The summed E-state index contributed by atoms with van der Waals surface area (Å²) < 4.78 is 0. The van der Waals surface area contributed by atoms with Crippen molar-refractivity contribution < 1.29 is 4.79 Å². The lowest BCUT2D eigenvalue weighted by Gasteiger charge is -2.36. The number of hydrogen-bond donors (Lipinski definition) is 0. The zero-order chi connectivity index (χ0) is 16.8. The summed E-state index contributed by atoms with van der Waals surface area (Å²) in [5, 5.41) is 0. The minimum absolute atomic E-state index is 0.288. The minimum atomic E-state index is 0.288. The molecular weight excluding hydrogens is 294 g/mol. The van der Waals surface area contributed by atoms with Crippen molar-refractivity contribution in [2.24, 2.45) is 5.92 Å². The average Bonchev–Trinajstić information content (AvgIpc) is 2.63. The first-order valence-electron chi connectivity index (χ1n) is 9.04. The van der Waals surface area contributed by atoms with Crippen LogP contribution in [0, 0.1) is 5.92 Å². The molecule has 0 saturated heterocycles. The van der Waals surface area contributed by atoms with Gasteiger partial charge in [0.2, 0.25) is 0 Å². The maximum absolute atomic E-state index is 11.6. The number of carbonyl (C=O) groups excluding carboxylic acids is 1. The van der Waals surface area contributed by atoms with Gasteiger partial charge in [0.15, 0.2) is 0 Å². The van der Waals surface area contributed by atoms with Crippen molar-refractivity contribution in [1.29, 1.82) is 0 Å². The quantitative estimate of drug-likeness (QED) is 0.759. The Morgan fingerprint density at radius 1 is 0.833 bits per heavy atom. The number of nitrogens with zero attached hydrogens (tertiary/aromatic N) is 1. The Morgan fingerprint density at radius 2 is 1.29 bits per heavy atom. The summed E-state index contributed by atoms with van der Waals surface area (Å²) in [4.78, 5) is 14.2. The van der Waals surface area contributed by atoms with E-state index in [9.17, 15) is 4.79 Å². The molecular formula is C22H27NO. The maximum Gasteiger partial charge on any atom is 0.132 e. The summed E-state index contributed by atoms with van der Waals surface area (Å²) >= 11 is 0. The lowest BCUT2D eigenvalue weighted by molar-refractivity contribution is -0.122.